The Kier molecular flexibility index (Phi) is 8.73. The summed E-state index contributed by atoms with van der Waals surface area (Å²) in [7, 11) is 0. The Bertz CT molecular complexity index is 226. The van der Waals surface area contributed by atoms with Crippen LogP contribution >= 0.6 is 0 Å². The molecule has 0 aromatic carbocycles. The van der Waals surface area contributed by atoms with Crippen molar-refractivity contribution in [2.24, 2.45) is 0 Å². The molecule has 100 valence electrons. The van der Waals surface area contributed by atoms with Crippen LogP contribution in [0.2, 0.25) is 0 Å². The molecular formula is C14H26O3. The molecule has 0 amide bonds. The monoisotopic (exact) mass is 242 g/mol. The lowest BCUT2D eigenvalue weighted by molar-refractivity contribution is -0.164. The van der Waals surface area contributed by atoms with Crippen LogP contribution in [0.25, 0.3) is 0 Å². The minimum absolute atomic E-state index is 0.233. The maximum absolute atomic E-state index is 11.6. The molecule has 0 N–H and O–H groups in total. The molecule has 0 aromatic rings. The Balaban J connectivity index is 4.43. The Hall–Kier alpha value is -0.860. The number of ether oxygens (including phenoxy) is 1. The highest BCUT2D eigenvalue weighted by molar-refractivity contribution is 5.74. The van der Waals surface area contributed by atoms with E-state index in [1.165, 1.54) is 0 Å². The first-order valence-electron chi connectivity index (χ1n) is 6.82. The van der Waals surface area contributed by atoms with Gasteiger partial charge in [0.25, 0.3) is 0 Å². The zero-order valence-corrected chi connectivity index (χ0v) is 11.5. The van der Waals surface area contributed by atoms with E-state index in [1.54, 1.807) is 0 Å². The molecule has 0 aliphatic heterocycles. The van der Waals surface area contributed by atoms with Gasteiger partial charge in [0, 0.05) is 6.42 Å². The Labute approximate surface area is 105 Å². The molecule has 3 heteroatoms. The van der Waals surface area contributed by atoms with Gasteiger partial charge in [-0.25, -0.2) is 0 Å². The molecule has 0 radical (unpaired) electrons. The molecule has 0 bridgehead atoms. The van der Waals surface area contributed by atoms with Crippen molar-refractivity contribution in [1.82, 2.24) is 0 Å². The number of rotatable bonds is 10. The Morgan fingerprint density at radius 3 is 2.18 bits per heavy atom. The highest BCUT2D eigenvalue weighted by Crippen LogP contribution is 2.24. The molecule has 0 aromatic heterocycles. The number of unbranched alkanes of at least 4 members (excludes halogenated alkanes) is 2. The fourth-order valence-electron chi connectivity index (χ4n) is 1.87. The summed E-state index contributed by atoms with van der Waals surface area (Å²) in [6, 6.07) is 0. The van der Waals surface area contributed by atoms with Crippen LogP contribution in [0.1, 0.15) is 72.1 Å². The van der Waals surface area contributed by atoms with E-state index >= 15 is 0 Å². The highest BCUT2D eigenvalue weighted by Gasteiger charge is 2.32. The summed E-state index contributed by atoms with van der Waals surface area (Å²) in [5.74, 6) is -0.233. The Morgan fingerprint density at radius 2 is 1.71 bits per heavy atom. The van der Waals surface area contributed by atoms with Crippen LogP contribution in [-0.2, 0) is 14.3 Å². The maximum Gasteiger partial charge on any atom is 0.306 e. The van der Waals surface area contributed by atoms with Crippen LogP contribution in [0.3, 0.4) is 0 Å². The van der Waals surface area contributed by atoms with Gasteiger partial charge in [-0.1, -0.05) is 40.0 Å². The smallest absolute Gasteiger partial charge is 0.306 e. The van der Waals surface area contributed by atoms with Crippen LogP contribution in [0.15, 0.2) is 0 Å². The van der Waals surface area contributed by atoms with Crippen LogP contribution in [0.4, 0.5) is 0 Å². The first-order chi connectivity index (χ1) is 8.14. The normalized spacial score (nSPS) is 14.1. The topological polar surface area (TPSA) is 43.4 Å². The molecule has 0 aliphatic rings. The quantitative estimate of drug-likeness (QED) is 0.434. The summed E-state index contributed by atoms with van der Waals surface area (Å²) in [6.07, 6.45) is 7.10. The van der Waals surface area contributed by atoms with Gasteiger partial charge < -0.3 is 4.74 Å². The van der Waals surface area contributed by atoms with Crippen molar-refractivity contribution in [2.45, 2.75) is 77.7 Å². The molecule has 1 atom stereocenters. The average Bonchev–Trinajstić information content (AvgIpc) is 2.33. The number of hydrogen-bond acceptors (Lipinski definition) is 3. The van der Waals surface area contributed by atoms with Gasteiger partial charge in [-0.15, -0.1) is 0 Å². The van der Waals surface area contributed by atoms with Crippen molar-refractivity contribution in [1.29, 1.82) is 0 Å². The summed E-state index contributed by atoms with van der Waals surface area (Å²) in [6.45, 7) is 6.11. The first-order valence-corrected chi connectivity index (χ1v) is 6.82. The lowest BCUT2D eigenvalue weighted by Gasteiger charge is -2.27. The van der Waals surface area contributed by atoms with E-state index in [0.29, 0.717) is 19.3 Å². The number of carbonyl (C=O) groups excluding carboxylic acids is 2. The third-order valence-corrected chi connectivity index (χ3v) is 2.89. The van der Waals surface area contributed by atoms with Gasteiger partial charge in [-0.3, -0.25) is 9.59 Å². The van der Waals surface area contributed by atoms with Crippen molar-refractivity contribution >= 4 is 12.3 Å². The average molecular weight is 242 g/mol. The number of esters is 1. The minimum Gasteiger partial charge on any atom is -0.451 e. The highest BCUT2D eigenvalue weighted by atomic mass is 16.6. The molecule has 0 saturated carbocycles. The third kappa shape index (κ3) is 6.44. The fourth-order valence-corrected chi connectivity index (χ4v) is 1.87. The third-order valence-electron chi connectivity index (χ3n) is 2.89. The van der Waals surface area contributed by atoms with E-state index in [-0.39, 0.29) is 5.97 Å². The van der Waals surface area contributed by atoms with Gasteiger partial charge in [-0.2, -0.15) is 0 Å². The van der Waals surface area contributed by atoms with Gasteiger partial charge in [0.1, 0.15) is 0 Å². The van der Waals surface area contributed by atoms with E-state index in [4.69, 9.17) is 4.74 Å². The molecule has 1 unspecified atom stereocenters. The van der Waals surface area contributed by atoms with Gasteiger partial charge in [0.15, 0.2) is 11.9 Å². The van der Waals surface area contributed by atoms with Crippen LogP contribution in [0, 0.1) is 0 Å². The van der Waals surface area contributed by atoms with E-state index in [1.807, 2.05) is 13.8 Å². The van der Waals surface area contributed by atoms with Crippen molar-refractivity contribution in [3.63, 3.8) is 0 Å². The molecular weight excluding hydrogens is 216 g/mol. The van der Waals surface area contributed by atoms with E-state index in [0.717, 1.165) is 38.4 Å². The van der Waals surface area contributed by atoms with Gasteiger partial charge in [-0.05, 0) is 25.7 Å². The molecule has 0 spiro atoms. The van der Waals surface area contributed by atoms with Gasteiger partial charge in [0.2, 0.25) is 0 Å². The van der Waals surface area contributed by atoms with E-state index in [2.05, 4.69) is 6.92 Å². The molecule has 0 aliphatic carbocycles. The zero-order valence-electron chi connectivity index (χ0n) is 11.5. The van der Waals surface area contributed by atoms with Crippen molar-refractivity contribution in [2.75, 3.05) is 0 Å². The van der Waals surface area contributed by atoms with Crippen molar-refractivity contribution in [3.05, 3.63) is 0 Å². The van der Waals surface area contributed by atoms with Gasteiger partial charge in [0.05, 0.1) is 0 Å². The van der Waals surface area contributed by atoms with Crippen LogP contribution in [-0.4, -0.2) is 17.9 Å². The molecule has 17 heavy (non-hydrogen) atoms. The maximum atomic E-state index is 11.6. The minimum atomic E-state index is -0.865. The largest absolute Gasteiger partial charge is 0.451 e. The second-order valence-electron chi connectivity index (χ2n) is 4.61. The summed E-state index contributed by atoms with van der Waals surface area (Å²) < 4.78 is 5.42. The summed E-state index contributed by atoms with van der Waals surface area (Å²) >= 11 is 0. The molecule has 0 heterocycles. The van der Waals surface area contributed by atoms with Gasteiger partial charge >= 0.3 is 5.97 Å². The fraction of sp³-hybridized carbons (Fsp3) is 0.857. The summed E-state index contributed by atoms with van der Waals surface area (Å²) in [4.78, 5) is 22.9. The van der Waals surface area contributed by atoms with Crippen LogP contribution < -0.4 is 0 Å². The van der Waals surface area contributed by atoms with E-state index in [9.17, 15) is 9.59 Å². The van der Waals surface area contributed by atoms with E-state index < -0.39 is 5.60 Å². The predicted octanol–water partition coefficient (Wildman–Crippen LogP) is 3.65. The molecule has 0 saturated heterocycles. The number of aldehydes is 1. The Morgan fingerprint density at radius 1 is 1.06 bits per heavy atom. The zero-order chi connectivity index (χ0) is 13.1. The van der Waals surface area contributed by atoms with Crippen LogP contribution in [0.5, 0.6) is 0 Å². The summed E-state index contributed by atoms with van der Waals surface area (Å²) in [5.41, 5.74) is -0.865. The molecule has 3 nitrogen and oxygen atoms in total. The summed E-state index contributed by atoms with van der Waals surface area (Å²) in [5, 5.41) is 0. The second-order valence-corrected chi connectivity index (χ2v) is 4.61. The molecule has 0 fully saturated rings. The standard InChI is InChI=1S/C14H26O3/c1-4-7-9-13(16)17-14(12-15,10-6-3)11-8-5-2/h12H,4-11H2,1-3H3. The lowest BCUT2D eigenvalue weighted by Crippen LogP contribution is -2.37. The number of carbonyl (C=O) groups is 2. The lowest BCUT2D eigenvalue weighted by atomic mass is 9.93. The number of hydrogen-bond donors (Lipinski definition) is 0. The second kappa shape index (κ2) is 9.20. The molecule has 0 rings (SSSR count). The predicted molar refractivity (Wildman–Crippen MR) is 68.8 cm³/mol. The van der Waals surface area contributed by atoms with Crippen molar-refractivity contribution < 1.29 is 14.3 Å². The van der Waals surface area contributed by atoms with Crippen molar-refractivity contribution in [3.8, 4) is 0 Å². The first kappa shape index (κ1) is 16.1. The SMILES string of the molecule is CCCCC(=O)OC(C=O)(CCC)CCCC.